The third-order valence-corrected chi connectivity index (χ3v) is 3.36. The molecule has 0 bridgehead atoms. The van der Waals surface area contributed by atoms with Crippen molar-refractivity contribution in [2.24, 2.45) is 0 Å². The van der Waals surface area contributed by atoms with E-state index >= 15 is 0 Å². The molecule has 0 spiro atoms. The van der Waals surface area contributed by atoms with Gasteiger partial charge in [0, 0.05) is 18.7 Å². The number of carboxylic acid groups (broad SMARTS) is 1. The van der Waals surface area contributed by atoms with Gasteiger partial charge in [0.15, 0.2) is 0 Å². The first-order valence-corrected chi connectivity index (χ1v) is 6.44. The van der Waals surface area contributed by atoms with Gasteiger partial charge in [-0.3, -0.25) is 10.1 Å². The molecule has 1 saturated heterocycles. The maximum absolute atomic E-state index is 13.8. The van der Waals surface area contributed by atoms with E-state index in [1.165, 1.54) is 12.1 Å². The van der Waals surface area contributed by atoms with Crippen molar-refractivity contribution in [1.82, 2.24) is 4.90 Å². The molecule has 1 aliphatic rings. The van der Waals surface area contributed by atoms with Gasteiger partial charge >= 0.3 is 6.09 Å². The SMILES string of the molecule is O=C(O)N1CC[C@@H](OCc2ccc([N+](=O)[O-])cc2)[C@H](F)C1. The number of benzene rings is 1. The van der Waals surface area contributed by atoms with Crippen LogP contribution in [0.5, 0.6) is 0 Å². The molecule has 1 N–H and O–H groups in total. The summed E-state index contributed by atoms with van der Waals surface area (Å²) in [5.41, 5.74) is 0.686. The minimum atomic E-state index is -1.37. The molecule has 8 heteroatoms. The van der Waals surface area contributed by atoms with Crippen LogP contribution in [0.1, 0.15) is 12.0 Å². The Kier molecular flexibility index (Phi) is 4.69. The Labute approximate surface area is 120 Å². The third kappa shape index (κ3) is 3.88. The third-order valence-electron chi connectivity index (χ3n) is 3.36. The van der Waals surface area contributed by atoms with E-state index in [2.05, 4.69) is 0 Å². The van der Waals surface area contributed by atoms with Crippen molar-refractivity contribution in [3.8, 4) is 0 Å². The molecule has 0 aromatic heterocycles. The van der Waals surface area contributed by atoms with Crippen molar-refractivity contribution in [1.29, 1.82) is 0 Å². The van der Waals surface area contributed by atoms with Crippen LogP contribution in [0.2, 0.25) is 0 Å². The summed E-state index contributed by atoms with van der Waals surface area (Å²) < 4.78 is 19.3. The van der Waals surface area contributed by atoms with Crippen molar-refractivity contribution < 1.29 is 24.0 Å². The van der Waals surface area contributed by atoms with Crippen LogP contribution in [-0.2, 0) is 11.3 Å². The molecule has 0 radical (unpaired) electrons. The lowest BCUT2D eigenvalue weighted by molar-refractivity contribution is -0.384. The van der Waals surface area contributed by atoms with Gasteiger partial charge in [-0.25, -0.2) is 9.18 Å². The molecular formula is C13H15FN2O5. The number of rotatable bonds is 4. The first-order chi connectivity index (χ1) is 9.97. The van der Waals surface area contributed by atoms with Crippen LogP contribution in [0.25, 0.3) is 0 Å². The Morgan fingerprint density at radius 3 is 2.67 bits per heavy atom. The lowest BCUT2D eigenvalue weighted by Gasteiger charge is -2.32. The predicted molar refractivity (Wildman–Crippen MR) is 70.8 cm³/mol. The van der Waals surface area contributed by atoms with E-state index in [1.807, 2.05) is 0 Å². The van der Waals surface area contributed by atoms with Gasteiger partial charge in [0.05, 0.1) is 24.2 Å². The second kappa shape index (κ2) is 6.49. The Morgan fingerprint density at radius 1 is 1.48 bits per heavy atom. The van der Waals surface area contributed by atoms with Crippen molar-refractivity contribution in [2.75, 3.05) is 13.1 Å². The highest BCUT2D eigenvalue weighted by Gasteiger charge is 2.32. The van der Waals surface area contributed by atoms with Gasteiger partial charge in [0.1, 0.15) is 6.17 Å². The largest absolute Gasteiger partial charge is 0.465 e. The van der Waals surface area contributed by atoms with Crippen LogP contribution in [0.4, 0.5) is 14.9 Å². The number of hydrogen-bond donors (Lipinski definition) is 1. The summed E-state index contributed by atoms with van der Waals surface area (Å²) >= 11 is 0. The number of nitro benzene ring substituents is 1. The summed E-state index contributed by atoms with van der Waals surface area (Å²) in [6.45, 7) is 0.178. The van der Waals surface area contributed by atoms with Crippen LogP contribution in [0.3, 0.4) is 0 Å². The van der Waals surface area contributed by atoms with Gasteiger partial charge in [-0.2, -0.15) is 0 Å². The molecule has 114 valence electrons. The number of piperidine rings is 1. The second-order valence-corrected chi connectivity index (χ2v) is 4.81. The van der Waals surface area contributed by atoms with Crippen LogP contribution in [0.15, 0.2) is 24.3 Å². The topological polar surface area (TPSA) is 92.9 Å². The molecule has 1 aliphatic heterocycles. The number of carbonyl (C=O) groups is 1. The molecule has 1 heterocycles. The minimum absolute atomic E-state index is 0.0168. The number of halogens is 1. The highest BCUT2D eigenvalue weighted by atomic mass is 19.1. The second-order valence-electron chi connectivity index (χ2n) is 4.81. The van der Waals surface area contributed by atoms with Crippen molar-refractivity contribution in [3.05, 3.63) is 39.9 Å². The van der Waals surface area contributed by atoms with Gasteiger partial charge in [-0.15, -0.1) is 0 Å². The molecule has 0 aliphatic carbocycles. The minimum Gasteiger partial charge on any atom is -0.465 e. The lowest BCUT2D eigenvalue weighted by atomic mass is 10.1. The number of nitro groups is 1. The van der Waals surface area contributed by atoms with Crippen LogP contribution < -0.4 is 0 Å². The van der Waals surface area contributed by atoms with Gasteiger partial charge in [0.2, 0.25) is 0 Å². The van der Waals surface area contributed by atoms with Crippen LogP contribution >= 0.6 is 0 Å². The molecule has 1 amide bonds. The first-order valence-electron chi connectivity index (χ1n) is 6.44. The zero-order valence-electron chi connectivity index (χ0n) is 11.1. The number of ether oxygens (including phenoxy) is 1. The van der Waals surface area contributed by atoms with E-state index in [0.717, 1.165) is 4.90 Å². The number of alkyl halides is 1. The Balaban J connectivity index is 1.86. The van der Waals surface area contributed by atoms with Crippen LogP contribution in [0, 0.1) is 10.1 Å². The molecule has 1 fully saturated rings. The Bertz CT molecular complexity index is 522. The summed E-state index contributed by atoms with van der Waals surface area (Å²) in [4.78, 5) is 21.8. The quantitative estimate of drug-likeness (QED) is 0.679. The predicted octanol–water partition coefficient (Wildman–Crippen LogP) is 2.20. The summed E-state index contributed by atoms with van der Waals surface area (Å²) in [7, 11) is 0. The van der Waals surface area contributed by atoms with E-state index in [1.54, 1.807) is 12.1 Å². The number of hydrogen-bond acceptors (Lipinski definition) is 4. The van der Waals surface area contributed by atoms with E-state index in [4.69, 9.17) is 9.84 Å². The standard InChI is InChI=1S/C13H15FN2O5/c14-11-7-15(13(17)18)6-5-12(11)21-8-9-1-3-10(4-2-9)16(19)20/h1-4,11-12H,5-8H2,(H,17,18)/t11-,12-/m1/s1. The molecule has 2 atom stereocenters. The Morgan fingerprint density at radius 2 is 2.14 bits per heavy atom. The number of likely N-dealkylation sites (tertiary alicyclic amines) is 1. The highest BCUT2D eigenvalue weighted by Crippen LogP contribution is 2.20. The monoisotopic (exact) mass is 298 g/mol. The summed E-state index contributed by atoms with van der Waals surface area (Å²) in [5, 5.41) is 19.3. The van der Waals surface area contributed by atoms with E-state index in [-0.39, 0.29) is 25.4 Å². The van der Waals surface area contributed by atoms with E-state index in [9.17, 15) is 19.3 Å². The van der Waals surface area contributed by atoms with Crippen molar-refractivity contribution in [2.45, 2.75) is 25.3 Å². The molecule has 1 aromatic carbocycles. The summed E-state index contributed by atoms with van der Waals surface area (Å²) in [6.07, 6.45) is -2.87. The fourth-order valence-corrected chi connectivity index (χ4v) is 2.16. The smallest absolute Gasteiger partial charge is 0.407 e. The van der Waals surface area contributed by atoms with Gasteiger partial charge in [-0.05, 0) is 24.1 Å². The maximum Gasteiger partial charge on any atom is 0.407 e. The summed E-state index contributed by atoms with van der Waals surface area (Å²) in [6, 6.07) is 5.83. The first kappa shape index (κ1) is 15.2. The molecule has 1 aromatic rings. The zero-order chi connectivity index (χ0) is 15.4. The average Bonchev–Trinajstić information content (AvgIpc) is 2.46. The van der Waals surface area contributed by atoms with Gasteiger partial charge in [0.25, 0.3) is 5.69 Å². The molecular weight excluding hydrogens is 283 g/mol. The van der Waals surface area contributed by atoms with Crippen LogP contribution in [-0.4, -0.2) is 46.4 Å². The van der Waals surface area contributed by atoms with E-state index < -0.39 is 23.3 Å². The highest BCUT2D eigenvalue weighted by molar-refractivity contribution is 5.65. The average molecular weight is 298 g/mol. The van der Waals surface area contributed by atoms with Gasteiger partial charge in [-0.1, -0.05) is 0 Å². The molecule has 2 rings (SSSR count). The van der Waals surface area contributed by atoms with Crippen molar-refractivity contribution in [3.63, 3.8) is 0 Å². The molecule has 21 heavy (non-hydrogen) atoms. The fourth-order valence-electron chi connectivity index (χ4n) is 2.16. The summed E-state index contributed by atoms with van der Waals surface area (Å²) in [5.74, 6) is 0. The van der Waals surface area contributed by atoms with E-state index in [0.29, 0.717) is 12.0 Å². The number of nitrogens with zero attached hydrogens (tertiary/aromatic N) is 2. The number of non-ortho nitro benzene ring substituents is 1. The number of amides is 1. The maximum atomic E-state index is 13.8. The Hall–Kier alpha value is -2.22. The molecule has 0 saturated carbocycles. The fraction of sp³-hybridized carbons (Fsp3) is 0.462. The van der Waals surface area contributed by atoms with Crippen molar-refractivity contribution >= 4 is 11.8 Å². The molecule has 7 nitrogen and oxygen atoms in total. The normalized spacial score (nSPS) is 22.0. The zero-order valence-corrected chi connectivity index (χ0v) is 11.1. The molecule has 0 unspecified atom stereocenters. The lowest BCUT2D eigenvalue weighted by Crippen LogP contribution is -2.47. The van der Waals surface area contributed by atoms with Gasteiger partial charge < -0.3 is 14.7 Å².